The second kappa shape index (κ2) is 5.19. The summed E-state index contributed by atoms with van der Waals surface area (Å²) in [5.41, 5.74) is 8.16. The fourth-order valence-electron chi connectivity index (χ4n) is 2.17. The Labute approximate surface area is 101 Å². The summed E-state index contributed by atoms with van der Waals surface area (Å²) in [6.07, 6.45) is 2.48. The largest absolute Gasteiger partial charge is 0.399 e. The summed E-state index contributed by atoms with van der Waals surface area (Å²) >= 11 is 0. The first-order valence-electron chi connectivity index (χ1n) is 6.01. The average molecular weight is 234 g/mol. The lowest BCUT2D eigenvalue weighted by Gasteiger charge is -2.28. The van der Waals surface area contributed by atoms with Gasteiger partial charge in [-0.3, -0.25) is 4.79 Å². The minimum atomic E-state index is 0.0662. The molecule has 4 nitrogen and oxygen atoms in total. The molecule has 2 rings (SSSR count). The monoisotopic (exact) mass is 234 g/mol. The number of rotatable bonds is 4. The fraction of sp³-hybridized carbons (Fsp3) is 0.462. The van der Waals surface area contributed by atoms with Crippen LogP contribution in [0.2, 0.25) is 0 Å². The zero-order valence-corrected chi connectivity index (χ0v) is 9.85. The van der Waals surface area contributed by atoms with Gasteiger partial charge in [-0.1, -0.05) is 6.07 Å². The Morgan fingerprint density at radius 1 is 1.35 bits per heavy atom. The number of carbonyl (C=O) groups is 1. The van der Waals surface area contributed by atoms with Crippen LogP contribution in [0.5, 0.6) is 0 Å². The van der Waals surface area contributed by atoms with Gasteiger partial charge < -0.3 is 15.7 Å². The number of anilines is 1. The molecule has 92 valence electrons. The maximum Gasteiger partial charge on any atom is 0.254 e. The highest BCUT2D eigenvalue weighted by Gasteiger charge is 2.23. The minimum Gasteiger partial charge on any atom is -0.399 e. The van der Waals surface area contributed by atoms with Gasteiger partial charge in [0.2, 0.25) is 0 Å². The summed E-state index contributed by atoms with van der Waals surface area (Å²) in [5, 5.41) is 8.74. The van der Waals surface area contributed by atoms with Gasteiger partial charge in [-0.25, -0.2) is 0 Å². The standard InChI is InChI=1S/C13H18N2O2/c14-11-4-3-10-5-7-15(6-1-2-8-16)13(17)12(10)9-11/h3-4,9,16H,1-2,5-8,14H2. The summed E-state index contributed by atoms with van der Waals surface area (Å²) in [6.45, 7) is 1.67. The molecule has 1 heterocycles. The smallest absolute Gasteiger partial charge is 0.254 e. The number of nitrogens with zero attached hydrogens (tertiary/aromatic N) is 1. The third-order valence-corrected chi connectivity index (χ3v) is 3.14. The highest BCUT2D eigenvalue weighted by molar-refractivity contribution is 5.97. The second-order valence-electron chi connectivity index (χ2n) is 4.39. The van der Waals surface area contributed by atoms with Crippen molar-refractivity contribution in [3.05, 3.63) is 29.3 Å². The van der Waals surface area contributed by atoms with E-state index >= 15 is 0 Å². The number of carbonyl (C=O) groups excluding carboxylic acids is 1. The fourth-order valence-corrected chi connectivity index (χ4v) is 2.17. The number of aliphatic hydroxyl groups is 1. The van der Waals surface area contributed by atoms with E-state index in [1.807, 2.05) is 17.0 Å². The molecule has 0 atom stereocenters. The van der Waals surface area contributed by atoms with Gasteiger partial charge in [-0.2, -0.15) is 0 Å². The Morgan fingerprint density at radius 3 is 2.94 bits per heavy atom. The van der Waals surface area contributed by atoms with Crippen LogP contribution in [0.15, 0.2) is 18.2 Å². The molecule has 0 aliphatic carbocycles. The van der Waals surface area contributed by atoms with Crippen molar-refractivity contribution in [3.8, 4) is 0 Å². The number of aliphatic hydroxyl groups excluding tert-OH is 1. The van der Waals surface area contributed by atoms with Crippen LogP contribution in [0.25, 0.3) is 0 Å². The van der Waals surface area contributed by atoms with Crippen LogP contribution in [0.3, 0.4) is 0 Å². The number of unbranched alkanes of at least 4 members (excludes halogenated alkanes) is 1. The second-order valence-corrected chi connectivity index (χ2v) is 4.39. The highest BCUT2D eigenvalue weighted by Crippen LogP contribution is 2.21. The molecule has 4 heteroatoms. The van der Waals surface area contributed by atoms with E-state index in [9.17, 15) is 4.79 Å². The van der Waals surface area contributed by atoms with Gasteiger partial charge in [0.25, 0.3) is 5.91 Å². The first kappa shape index (κ1) is 11.9. The molecule has 1 aromatic carbocycles. The van der Waals surface area contributed by atoms with E-state index in [0.717, 1.165) is 36.9 Å². The first-order chi connectivity index (χ1) is 8.22. The SMILES string of the molecule is Nc1ccc2c(c1)C(=O)N(CCCCO)CC2. The van der Waals surface area contributed by atoms with Crippen LogP contribution >= 0.6 is 0 Å². The molecule has 3 N–H and O–H groups in total. The van der Waals surface area contributed by atoms with Crippen molar-refractivity contribution in [2.45, 2.75) is 19.3 Å². The van der Waals surface area contributed by atoms with E-state index in [1.54, 1.807) is 6.07 Å². The Kier molecular flexibility index (Phi) is 3.64. The van der Waals surface area contributed by atoms with Crippen LogP contribution in [0.4, 0.5) is 5.69 Å². The van der Waals surface area contributed by atoms with Gasteiger partial charge in [0.1, 0.15) is 0 Å². The quantitative estimate of drug-likeness (QED) is 0.604. The Morgan fingerprint density at radius 2 is 2.18 bits per heavy atom. The Balaban J connectivity index is 2.09. The number of hydrogen-bond acceptors (Lipinski definition) is 3. The maximum absolute atomic E-state index is 12.2. The van der Waals surface area contributed by atoms with Crippen molar-refractivity contribution < 1.29 is 9.90 Å². The molecule has 0 aromatic heterocycles. The van der Waals surface area contributed by atoms with Crippen LogP contribution in [0, 0.1) is 0 Å². The van der Waals surface area contributed by atoms with Gasteiger partial charge in [-0.05, 0) is 37.0 Å². The Bertz CT molecular complexity index is 418. The minimum absolute atomic E-state index is 0.0662. The van der Waals surface area contributed by atoms with Crippen molar-refractivity contribution in [2.24, 2.45) is 0 Å². The predicted octanol–water partition coefficient (Wildman–Crippen LogP) is 1.04. The molecule has 17 heavy (non-hydrogen) atoms. The third-order valence-electron chi connectivity index (χ3n) is 3.14. The van der Waals surface area contributed by atoms with E-state index in [2.05, 4.69) is 0 Å². The van der Waals surface area contributed by atoms with Crippen LogP contribution < -0.4 is 5.73 Å². The van der Waals surface area contributed by atoms with Crippen LogP contribution in [-0.2, 0) is 6.42 Å². The molecule has 1 aliphatic heterocycles. The highest BCUT2D eigenvalue weighted by atomic mass is 16.3. The molecule has 1 aliphatic rings. The molecule has 0 saturated heterocycles. The molecular formula is C13H18N2O2. The molecule has 0 bridgehead atoms. The normalized spacial score (nSPS) is 14.9. The number of nitrogens with two attached hydrogens (primary N) is 1. The van der Waals surface area contributed by atoms with Crippen molar-refractivity contribution >= 4 is 11.6 Å². The maximum atomic E-state index is 12.2. The van der Waals surface area contributed by atoms with Gasteiger partial charge in [0.05, 0.1) is 0 Å². The molecular weight excluding hydrogens is 216 g/mol. The van der Waals surface area contributed by atoms with E-state index in [1.165, 1.54) is 0 Å². The lowest BCUT2D eigenvalue weighted by Crippen LogP contribution is -2.38. The predicted molar refractivity (Wildman–Crippen MR) is 66.8 cm³/mol. The van der Waals surface area contributed by atoms with E-state index in [-0.39, 0.29) is 12.5 Å². The van der Waals surface area contributed by atoms with Gasteiger partial charge in [0, 0.05) is 30.9 Å². The number of amides is 1. The molecule has 0 radical (unpaired) electrons. The molecule has 1 amide bonds. The topological polar surface area (TPSA) is 66.6 Å². The number of benzene rings is 1. The molecule has 1 aromatic rings. The van der Waals surface area contributed by atoms with E-state index in [0.29, 0.717) is 12.2 Å². The summed E-state index contributed by atoms with van der Waals surface area (Å²) < 4.78 is 0. The van der Waals surface area contributed by atoms with Crippen molar-refractivity contribution in [1.82, 2.24) is 4.90 Å². The van der Waals surface area contributed by atoms with Crippen molar-refractivity contribution in [1.29, 1.82) is 0 Å². The molecule has 0 saturated carbocycles. The van der Waals surface area contributed by atoms with Gasteiger partial charge in [0.15, 0.2) is 0 Å². The van der Waals surface area contributed by atoms with Crippen molar-refractivity contribution in [3.63, 3.8) is 0 Å². The lowest BCUT2D eigenvalue weighted by atomic mass is 9.98. The van der Waals surface area contributed by atoms with Crippen LogP contribution in [-0.4, -0.2) is 35.6 Å². The van der Waals surface area contributed by atoms with Crippen LogP contribution in [0.1, 0.15) is 28.8 Å². The first-order valence-corrected chi connectivity index (χ1v) is 6.01. The number of hydrogen-bond donors (Lipinski definition) is 2. The Hall–Kier alpha value is -1.55. The summed E-state index contributed by atoms with van der Waals surface area (Å²) in [6, 6.07) is 5.54. The third kappa shape index (κ3) is 2.58. The average Bonchev–Trinajstić information content (AvgIpc) is 2.33. The summed E-state index contributed by atoms with van der Waals surface area (Å²) in [5.74, 6) is 0.0662. The molecule has 0 spiro atoms. The van der Waals surface area contributed by atoms with Crippen molar-refractivity contribution in [2.75, 3.05) is 25.4 Å². The summed E-state index contributed by atoms with van der Waals surface area (Å²) in [7, 11) is 0. The van der Waals surface area contributed by atoms with E-state index < -0.39 is 0 Å². The zero-order chi connectivity index (χ0) is 12.3. The number of fused-ring (bicyclic) bond motifs is 1. The molecule has 0 fully saturated rings. The zero-order valence-electron chi connectivity index (χ0n) is 9.85. The van der Waals surface area contributed by atoms with Gasteiger partial charge >= 0.3 is 0 Å². The molecule has 0 unspecified atom stereocenters. The summed E-state index contributed by atoms with van der Waals surface area (Å²) in [4.78, 5) is 14.0. The number of nitrogen functional groups attached to an aromatic ring is 1. The van der Waals surface area contributed by atoms with E-state index in [4.69, 9.17) is 10.8 Å². The lowest BCUT2D eigenvalue weighted by molar-refractivity contribution is 0.0734. The van der Waals surface area contributed by atoms with Gasteiger partial charge in [-0.15, -0.1) is 0 Å².